The van der Waals surface area contributed by atoms with Crippen molar-refractivity contribution in [1.29, 1.82) is 0 Å². The van der Waals surface area contributed by atoms with Gasteiger partial charge in [0.15, 0.2) is 0 Å². The summed E-state index contributed by atoms with van der Waals surface area (Å²) >= 11 is 5.12. The average molecular weight is 213 g/mol. The molecule has 80 valence electrons. The summed E-state index contributed by atoms with van der Waals surface area (Å²) in [5.41, 5.74) is -0.0184. The van der Waals surface area contributed by atoms with Crippen molar-refractivity contribution in [2.24, 2.45) is 0 Å². The Morgan fingerprint density at radius 2 is 2.21 bits per heavy atom. The summed E-state index contributed by atoms with van der Waals surface area (Å²) in [6, 6.07) is 0. The minimum atomic E-state index is -0.0184. The zero-order valence-corrected chi connectivity index (χ0v) is 9.99. The zero-order chi connectivity index (χ0) is 10.6. The Kier molecular flexibility index (Phi) is 3.93. The van der Waals surface area contributed by atoms with Gasteiger partial charge in [0, 0.05) is 5.54 Å². The van der Waals surface area contributed by atoms with E-state index in [1.807, 2.05) is 0 Å². The smallest absolute Gasteiger partial charge is 0.257 e. The summed E-state index contributed by atoms with van der Waals surface area (Å²) in [6.07, 6.45) is 7.86. The van der Waals surface area contributed by atoms with Crippen molar-refractivity contribution < 1.29 is 4.74 Å². The highest BCUT2D eigenvalue weighted by Crippen LogP contribution is 2.14. The van der Waals surface area contributed by atoms with Gasteiger partial charge in [0.1, 0.15) is 6.10 Å². The first-order chi connectivity index (χ1) is 6.47. The highest BCUT2D eigenvalue weighted by Gasteiger charge is 2.15. The van der Waals surface area contributed by atoms with Crippen LogP contribution in [0.3, 0.4) is 0 Å². The number of nitrogens with one attached hydrogen (secondary N) is 1. The summed E-state index contributed by atoms with van der Waals surface area (Å²) in [4.78, 5) is 0. The van der Waals surface area contributed by atoms with Crippen molar-refractivity contribution in [1.82, 2.24) is 5.32 Å². The topological polar surface area (TPSA) is 21.3 Å². The molecule has 0 amide bonds. The molecule has 0 saturated heterocycles. The maximum absolute atomic E-state index is 5.60. The lowest BCUT2D eigenvalue weighted by Crippen LogP contribution is -2.42. The lowest BCUT2D eigenvalue weighted by atomic mass is 10.1. The van der Waals surface area contributed by atoms with Gasteiger partial charge in [-0.3, -0.25) is 0 Å². The van der Waals surface area contributed by atoms with Crippen LogP contribution in [-0.2, 0) is 4.74 Å². The van der Waals surface area contributed by atoms with E-state index in [0.717, 1.165) is 6.42 Å². The molecule has 1 aliphatic rings. The molecule has 0 aromatic rings. The van der Waals surface area contributed by atoms with Gasteiger partial charge in [0.25, 0.3) is 5.17 Å². The van der Waals surface area contributed by atoms with Gasteiger partial charge in [0.05, 0.1) is 0 Å². The molecule has 1 rings (SSSR count). The highest BCUT2D eigenvalue weighted by molar-refractivity contribution is 7.80. The fourth-order valence-electron chi connectivity index (χ4n) is 1.35. The van der Waals surface area contributed by atoms with E-state index in [1.165, 1.54) is 12.8 Å². The van der Waals surface area contributed by atoms with Crippen LogP contribution in [0.2, 0.25) is 0 Å². The van der Waals surface area contributed by atoms with Gasteiger partial charge in [-0.05, 0) is 58.3 Å². The number of rotatable bonds is 1. The molecular weight excluding hydrogens is 194 g/mol. The molecule has 0 radical (unpaired) electrons. The third kappa shape index (κ3) is 4.61. The molecule has 0 aromatic carbocycles. The zero-order valence-electron chi connectivity index (χ0n) is 9.17. The van der Waals surface area contributed by atoms with E-state index in [9.17, 15) is 0 Å². The molecule has 0 heterocycles. The van der Waals surface area contributed by atoms with Crippen LogP contribution in [0.15, 0.2) is 12.2 Å². The molecule has 3 heteroatoms. The molecular formula is C11H19NOS. The van der Waals surface area contributed by atoms with Crippen molar-refractivity contribution in [3.63, 3.8) is 0 Å². The largest absolute Gasteiger partial charge is 0.464 e. The SMILES string of the molecule is CC(C)(C)NC(=S)OC1C=CCCC1. The molecule has 14 heavy (non-hydrogen) atoms. The first kappa shape index (κ1) is 11.5. The Balaban J connectivity index is 2.33. The summed E-state index contributed by atoms with van der Waals surface area (Å²) in [5.74, 6) is 0. The molecule has 0 spiro atoms. The molecule has 0 bridgehead atoms. The number of thiocarbonyl (C=S) groups is 1. The van der Waals surface area contributed by atoms with Crippen molar-refractivity contribution in [2.75, 3.05) is 0 Å². The first-order valence-electron chi connectivity index (χ1n) is 5.13. The highest BCUT2D eigenvalue weighted by atomic mass is 32.1. The Hall–Kier alpha value is -0.570. The van der Waals surface area contributed by atoms with E-state index >= 15 is 0 Å². The van der Waals surface area contributed by atoms with Gasteiger partial charge in [-0.15, -0.1) is 0 Å². The quantitative estimate of drug-likeness (QED) is 0.534. The van der Waals surface area contributed by atoms with Crippen molar-refractivity contribution in [3.05, 3.63) is 12.2 Å². The van der Waals surface area contributed by atoms with Crippen LogP contribution in [0.1, 0.15) is 40.0 Å². The molecule has 0 aliphatic heterocycles. The average Bonchev–Trinajstić information content (AvgIpc) is 2.02. The Bertz CT molecular complexity index is 230. The van der Waals surface area contributed by atoms with E-state index < -0.39 is 0 Å². The maximum atomic E-state index is 5.60. The molecule has 0 fully saturated rings. The van der Waals surface area contributed by atoms with Gasteiger partial charge in [-0.2, -0.15) is 0 Å². The van der Waals surface area contributed by atoms with Crippen LogP contribution < -0.4 is 5.32 Å². The van der Waals surface area contributed by atoms with Crippen LogP contribution in [0.25, 0.3) is 0 Å². The Morgan fingerprint density at radius 3 is 2.71 bits per heavy atom. The van der Waals surface area contributed by atoms with E-state index in [2.05, 4.69) is 38.2 Å². The van der Waals surface area contributed by atoms with Gasteiger partial charge >= 0.3 is 0 Å². The minimum absolute atomic E-state index is 0.0184. The molecule has 1 atom stereocenters. The number of ether oxygens (including phenoxy) is 1. The lowest BCUT2D eigenvalue weighted by molar-refractivity contribution is 0.206. The van der Waals surface area contributed by atoms with Gasteiger partial charge < -0.3 is 10.1 Å². The van der Waals surface area contributed by atoms with E-state index in [1.54, 1.807) is 0 Å². The van der Waals surface area contributed by atoms with E-state index in [-0.39, 0.29) is 11.6 Å². The van der Waals surface area contributed by atoms with Crippen LogP contribution in [-0.4, -0.2) is 16.8 Å². The molecule has 0 saturated carbocycles. The van der Waals surface area contributed by atoms with Crippen LogP contribution >= 0.6 is 12.2 Å². The molecule has 1 N–H and O–H groups in total. The first-order valence-corrected chi connectivity index (χ1v) is 5.54. The third-order valence-electron chi connectivity index (χ3n) is 1.95. The number of hydrogen-bond acceptors (Lipinski definition) is 2. The van der Waals surface area contributed by atoms with Crippen LogP contribution in [0.4, 0.5) is 0 Å². The Morgan fingerprint density at radius 1 is 1.50 bits per heavy atom. The normalized spacial score (nSPS) is 21.8. The predicted octanol–water partition coefficient (Wildman–Crippen LogP) is 2.78. The summed E-state index contributed by atoms with van der Waals surface area (Å²) in [5, 5.41) is 3.65. The van der Waals surface area contributed by atoms with Crippen molar-refractivity contribution in [3.8, 4) is 0 Å². The van der Waals surface area contributed by atoms with Crippen molar-refractivity contribution >= 4 is 17.4 Å². The third-order valence-corrected chi connectivity index (χ3v) is 2.14. The lowest BCUT2D eigenvalue weighted by Gasteiger charge is -2.25. The van der Waals surface area contributed by atoms with E-state index in [0.29, 0.717) is 5.17 Å². The summed E-state index contributed by atoms with van der Waals surface area (Å²) in [7, 11) is 0. The second-order valence-electron chi connectivity index (χ2n) is 4.68. The number of allylic oxidation sites excluding steroid dienone is 1. The molecule has 2 nitrogen and oxygen atoms in total. The monoisotopic (exact) mass is 213 g/mol. The fourth-order valence-corrected chi connectivity index (χ4v) is 1.78. The Labute approximate surface area is 91.7 Å². The van der Waals surface area contributed by atoms with Crippen LogP contribution in [0, 0.1) is 0 Å². The second kappa shape index (κ2) is 4.78. The molecule has 0 aromatic heterocycles. The standard InChI is InChI=1S/C11H19NOS/c1-11(2,3)12-10(14)13-9-7-5-4-6-8-9/h5,7,9H,4,6,8H2,1-3H3,(H,12,14). The minimum Gasteiger partial charge on any atom is -0.464 e. The van der Waals surface area contributed by atoms with Gasteiger partial charge in [-0.1, -0.05) is 6.08 Å². The summed E-state index contributed by atoms with van der Waals surface area (Å²) in [6.45, 7) is 6.21. The van der Waals surface area contributed by atoms with Gasteiger partial charge in [0.2, 0.25) is 0 Å². The summed E-state index contributed by atoms with van der Waals surface area (Å²) < 4.78 is 5.60. The van der Waals surface area contributed by atoms with Crippen molar-refractivity contribution in [2.45, 2.75) is 51.7 Å². The maximum Gasteiger partial charge on any atom is 0.257 e. The fraction of sp³-hybridized carbons (Fsp3) is 0.727. The predicted molar refractivity (Wildman–Crippen MR) is 63.4 cm³/mol. The molecule has 1 aliphatic carbocycles. The molecule has 1 unspecified atom stereocenters. The van der Waals surface area contributed by atoms with Crippen LogP contribution in [0.5, 0.6) is 0 Å². The van der Waals surface area contributed by atoms with E-state index in [4.69, 9.17) is 17.0 Å². The van der Waals surface area contributed by atoms with Gasteiger partial charge in [-0.25, -0.2) is 0 Å². The number of hydrogen-bond donors (Lipinski definition) is 1. The second-order valence-corrected chi connectivity index (χ2v) is 5.05.